The topological polar surface area (TPSA) is 63.8 Å². The number of anilines is 2. The minimum atomic E-state index is 0.299. The van der Waals surface area contributed by atoms with Crippen LogP contribution in [0.1, 0.15) is 70.2 Å². The van der Waals surface area contributed by atoms with E-state index in [9.17, 15) is 0 Å². The van der Waals surface area contributed by atoms with Gasteiger partial charge in [-0.25, -0.2) is 9.97 Å². The molecule has 1 aromatic rings. The Kier molecular flexibility index (Phi) is 4.84. The van der Waals surface area contributed by atoms with Gasteiger partial charge < -0.3 is 11.1 Å². The molecule has 0 aromatic carbocycles. The van der Waals surface area contributed by atoms with Crippen molar-refractivity contribution in [2.75, 3.05) is 11.1 Å². The molecule has 3 N–H and O–H groups in total. The Morgan fingerprint density at radius 3 is 2.60 bits per heavy atom. The molecule has 0 amide bonds. The van der Waals surface area contributed by atoms with Gasteiger partial charge in [-0.1, -0.05) is 33.6 Å². The third-order valence-corrected chi connectivity index (χ3v) is 4.32. The number of hydrogen-bond acceptors (Lipinski definition) is 4. The minimum Gasteiger partial charge on any atom is -0.383 e. The van der Waals surface area contributed by atoms with Crippen LogP contribution < -0.4 is 11.1 Å². The fourth-order valence-electron chi connectivity index (χ4n) is 2.78. The van der Waals surface area contributed by atoms with E-state index in [2.05, 4.69) is 36.1 Å². The van der Waals surface area contributed by atoms with Gasteiger partial charge in [-0.05, 0) is 32.1 Å². The van der Waals surface area contributed by atoms with E-state index in [1.165, 1.54) is 32.1 Å². The molecule has 1 aliphatic carbocycles. The summed E-state index contributed by atoms with van der Waals surface area (Å²) in [5.41, 5.74) is 7.00. The lowest BCUT2D eigenvalue weighted by molar-refractivity contribution is 0.501. The van der Waals surface area contributed by atoms with E-state index in [1.54, 1.807) is 0 Å². The van der Waals surface area contributed by atoms with E-state index >= 15 is 0 Å². The van der Waals surface area contributed by atoms with Crippen molar-refractivity contribution in [1.82, 2.24) is 9.97 Å². The molecule has 2 rings (SSSR count). The molecule has 0 bridgehead atoms. The van der Waals surface area contributed by atoms with Gasteiger partial charge in [0.25, 0.3) is 0 Å². The fourth-order valence-corrected chi connectivity index (χ4v) is 2.78. The van der Waals surface area contributed by atoms with Crippen LogP contribution in [0.2, 0.25) is 0 Å². The maximum absolute atomic E-state index is 6.03. The molecule has 1 fully saturated rings. The first-order chi connectivity index (χ1) is 9.47. The number of aromatic nitrogens is 2. The van der Waals surface area contributed by atoms with Crippen LogP contribution >= 0.6 is 0 Å². The smallest absolute Gasteiger partial charge is 0.135 e. The molecule has 0 spiro atoms. The van der Waals surface area contributed by atoms with Crippen molar-refractivity contribution in [2.24, 2.45) is 5.92 Å². The zero-order chi connectivity index (χ0) is 14.7. The molecule has 1 aliphatic rings. The van der Waals surface area contributed by atoms with Gasteiger partial charge in [0.1, 0.15) is 17.5 Å². The highest BCUT2D eigenvalue weighted by Gasteiger charge is 2.18. The van der Waals surface area contributed by atoms with Crippen LogP contribution in [0.5, 0.6) is 0 Å². The minimum absolute atomic E-state index is 0.299. The van der Waals surface area contributed by atoms with E-state index in [1.807, 2.05) is 6.92 Å². The third kappa shape index (κ3) is 3.62. The average Bonchev–Trinajstić information content (AvgIpc) is 2.59. The Balaban J connectivity index is 2.15. The van der Waals surface area contributed by atoms with E-state index in [0.717, 1.165) is 23.1 Å². The van der Waals surface area contributed by atoms with Gasteiger partial charge in [-0.15, -0.1) is 0 Å². The summed E-state index contributed by atoms with van der Waals surface area (Å²) in [4.78, 5) is 9.06. The summed E-state index contributed by atoms with van der Waals surface area (Å²) in [6.45, 7) is 8.55. The highest BCUT2D eigenvalue weighted by Crippen LogP contribution is 2.27. The standard InChI is InChI=1S/C16H28N4/c1-10(2)15-19-14(17)12(4)16(20-15)18-13-7-5-6-11(3)8-9-13/h10-11,13H,5-9H2,1-4H3,(H3,17,18,19,20). The lowest BCUT2D eigenvalue weighted by Crippen LogP contribution is -2.21. The van der Waals surface area contributed by atoms with Crippen LogP contribution in [0, 0.1) is 12.8 Å². The number of hydrogen-bond donors (Lipinski definition) is 2. The largest absolute Gasteiger partial charge is 0.383 e. The Bertz CT molecular complexity index is 456. The molecule has 112 valence electrons. The Morgan fingerprint density at radius 2 is 1.90 bits per heavy atom. The summed E-state index contributed by atoms with van der Waals surface area (Å²) < 4.78 is 0. The van der Waals surface area contributed by atoms with Crippen LogP contribution in [-0.4, -0.2) is 16.0 Å². The number of nitrogens with zero attached hydrogens (tertiary/aromatic N) is 2. The summed E-state index contributed by atoms with van der Waals surface area (Å²) in [5.74, 6) is 3.52. The number of nitrogens with two attached hydrogens (primary N) is 1. The van der Waals surface area contributed by atoms with Crippen molar-refractivity contribution >= 4 is 11.6 Å². The quantitative estimate of drug-likeness (QED) is 0.823. The SMILES string of the molecule is Cc1c(N)nc(C(C)C)nc1NC1CCCC(C)CC1. The second kappa shape index (κ2) is 6.42. The fraction of sp³-hybridized carbons (Fsp3) is 0.750. The molecular formula is C16H28N4. The van der Waals surface area contributed by atoms with Crippen molar-refractivity contribution in [1.29, 1.82) is 0 Å². The lowest BCUT2D eigenvalue weighted by atomic mass is 10.0. The molecule has 20 heavy (non-hydrogen) atoms. The number of nitrogen functional groups attached to an aromatic ring is 1. The molecule has 0 saturated heterocycles. The van der Waals surface area contributed by atoms with Gasteiger partial charge in [0.2, 0.25) is 0 Å². The van der Waals surface area contributed by atoms with Crippen LogP contribution in [0.4, 0.5) is 11.6 Å². The maximum atomic E-state index is 6.03. The zero-order valence-electron chi connectivity index (χ0n) is 13.2. The average molecular weight is 276 g/mol. The molecular weight excluding hydrogens is 248 g/mol. The van der Waals surface area contributed by atoms with E-state index in [4.69, 9.17) is 5.73 Å². The number of rotatable bonds is 3. The van der Waals surface area contributed by atoms with E-state index in [0.29, 0.717) is 17.8 Å². The second-order valence-corrected chi connectivity index (χ2v) is 6.55. The maximum Gasteiger partial charge on any atom is 0.135 e. The Morgan fingerprint density at radius 1 is 1.15 bits per heavy atom. The Hall–Kier alpha value is -1.32. The van der Waals surface area contributed by atoms with Crippen LogP contribution in [0.3, 0.4) is 0 Å². The Labute approximate surface area is 122 Å². The van der Waals surface area contributed by atoms with Gasteiger partial charge in [0.05, 0.1) is 0 Å². The molecule has 2 atom stereocenters. The summed E-state index contributed by atoms with van der Waals surface area (Å²) >= 11 is 0. The molecule has 0 aliphatic heterocycles. The van der Waals surface area contributed by atoms with Crippen LogP contribution in [-0.2, 0) is 0 Å². The van der Waals surface area contributed by atoms with E-state index < -0.39 is 0 Å². The zero-order valence-corrected chi connectivity index (χ0v) is 13.2. The van der Waals surface area contributed by atoms with Crippen LogP contribution in [0.25, 0.3) is 0 Å². The summed E-state index contributed by atoms with van der Waals surface area (Å²) in [5, 5.41) is 3.61. The number of nitrogens with one attached hydrogen (secondary N) is 1. The van der Waals surface area contributed by atoms with Crippen molar-refractivity contribution < 1.29 is 0 Å². The van der Waals surface area contributed by atoms with Crippen molar-refractivity contribution in [3.8, 4) is 0 Å². The second-order valence-electron chi connectivity index (χ2n) is 6.55. The first kappa shape index (κ1) is 15.1. The van der Waals surface area contributed by atoms with Gasteiger partial charge in [-0.3, -0.25) is 0 Å². The third-order valence-electron chi connectivity index (χ3n) is 4.32. The molecule has 0 radical (unpaired) electrons. The predicted octanol–water partition coefficient (Wildman–Crippen LogP) is 3.87. The molecule has 4 nitrogen and oxygen atoms in total. The molecule has 1 saturated carbocycles. The first-order valence-corrected chi connectivity index (χ1v) is 7.88. The normalized spacial score (nSPS) is 23.6. The summed E-state index contributed by atoms with van der Waals surface area (Å²) in [7, 11) is 0. The highest BCUT2D eigenvalue weighted by molar-refractivity contribution is 5.55. The van der Waals surface area contributed by atoms with Crippen molar-refractivity contribution in [2.45, 2.75) is 71.8 Å². The summed E-state index contributed by atoms with van der Waals surface area (Å²) in [6, 6.07) is 0.521. The van der Waals surface area contributed by atoms with Gasteiger partial charge in [0.15, 0.2) is 0 Å². The molecule has 4 heteroatoms. The molecule has 2 unspecified atom stereocenters. The van der Waals surface area contributed by atoms with Gasteiger partial charge in [-0.2, -0.15) is 0 Å². The van der Waals surface area contributed by atoms with E-state index in [-0.39, 0.29) is 0 Å². The predicted molar refractivity (Wildman–Crippen MR) is 84.9 cm³/mol. The highest BCUT2D eigenvalue weighted by atomic mass is 15.1. The van der Waals surface area contributed by atoms with Gasteiger partial charge >= 0.3 is 0 Å². The summed E-state index contributed by atoms with van der Waals surface area (Å²) in [6.07, 6.45) is 6.40. The first-order valence-electron chi connectivity index (χ1n) is 7.88. The van der Waals surface area contributed by atoms with Crippen LogP contribution in [0.15, 0.2) is 0 Å². The molecule has 1 aromatic heterocycles. The van der Waals surface area contributed by atoms with Gasteiger partial charge in [0, 0.05) is 17.5 Å². The van der Waals surface area contributed by atoms with Crippen molar-refractivity contribution in [3.05, 3.63) is 11.4 Å². The monoisotopic (exact) mass is 276 g/mol. The lowest BCUT2D eigenvalue weighted by Gasteiger charge is -2.20. The molecule has 1 heterocycles. The van der Waals surface area contributed by atoms with Crippen molar-refractivity contribution in [3.63, 3.8) is 0 Å².